The number of carbonyl (C=O) groups is 1. The van der Waals surface area contributed by atoms with E-state index in [0.717, 1.165) is 19.4 Å². The van der Waals surface area contributed by atoms with Gasteiger partial charge >= 0.3 is 0 Å². The number of rotatable bonds is 5. The summed E-state index contributed by atoms with van der Waals surface area (Å²) in [6, 6.07) is 1.52. The van der Waals surface area contributed by atoms with Crippen LogP contribution in [0, 0.1) is 5.92 Å². The van der Waals surface area contributed by atoms with E-state index in [-0.39, 0.29) is 24.4 Å². The quantitative estimate of drug-likeness (QED) is 0.823. The van der Waals surface area contributed by atoms with Crippen LogP contribution in [0.5, 0.6) is 0 Å². The minimum Gasteiger partial charge on any atom is -0.391 e. The Hall–Kier alpha value is -1.69. The summed E-state index contributed by atoms with van der Waals surface area (Å²) in [5.74, 6) is 0.664. The van der Waals surface area contributed by atoms with Crippen molar-refractivity contribution in [2.75, 3.05) is 18.0 Å². The lowest BCUT2D eigenvalue weighted by Crippen LogP contribution is -2.46. The summed E-state index contributed by atoms with van der Waals surface area (Å²) in [4.78, 5) is 22.6. The molecule has 0 bridgehead atoms. The lowest BCUT2D eigenvalue weighted by molar-refractivity contribution is -0.122. The molecule has 0 aromatic carbocycles. The Balaban J connectivity index is 1.95. The summed E-state index contributed by atoms with van der Waals surface area (Å²) in [6.45, 7) is 4.93. The second-order valence-electron chi connectivity index (χ2n) is 5.46. The molecule has 1 aromatic rings. The second-order valence-corrected chi connectivity index (χ2v) is 5.46. The molecule has 0 spiro atoms. The average Bonchev–Trinajstić information content (AvgIpc) is 2.94. The van der Waals surface area contributed by atoms with Crippen LogP contribution in [0.2, 0.25) is 0 Å². The minimum atomic E-state index is -0.512. The second kappa shape index (κ2) is 6.65. The van der Waals surface area contributed by atoms with Crippen molar-refractivity contribution in [3.63, 3.8) is 0 Å². The molecule has 1 fully saturated rings. The van der Waals surface area contributed by atoms with Crippen molar-refractivity contribution in [2.45, 2.75) is 38.8 Å². The lowest BCUT2D eigenvalue weighted by Gasteiger charge is -2.24. The van der Waals surface area contributed by atoms with E-state index >= 15 is 0 Å². The van der Waals surface area contributed by atoms with Gasteiger partial charge in [-0.15, -0.1) is 0 Å². The van der Waals surface area contributed by atoms with Crippen LogP contribution < -0.4 is 10.2 Å². The fraction of sp³-hybridized carbons (Fsp3) is 0.643. The highest BCUT2D eigenvalue weighted by molar-refractivity contribution is 5.85. The van der Waals surface area contributed by atoms with Crippen LogP contribution in [0.1, 0.15) is 26.7 Å². The Bertz CT molecular complexity index is 438. The van der Waals surface area contributed by atoms with Crippen LogP contribution in [0.3, 0.4) is 0 Å². The van der Waals surface area contributed by atoms with Crippen LogP contribution in [-0.2, 0) is 4.79 Å². The Labute approximate surface area is 119 Å². The molecule has 2 unspecified atom stereocenters. The molecule has 2 heterocycles. The van der Waals surface area contributed by atoms with Crippen molar-refractivity contribution in [1.29, 1.82) is 0 Å². The Morgan fingerprint density at radius 2 is 2.20 bits per heavy atom. The van der Waals surface area contributed by atoms with E-state index in [4.69, 9.17) is 0 Å². The minimum absolute atomic E-state index is 0.0605. The zero-order valence-corrected chi connectivity index (χ0v) is 12.0. The molecule has 1 aliphatic heterocycles. The topological polar surface area (TPSA) is 78.4 Å². The molecule has 0 radical (unpaired) electrons. The third-order valence-corrected chi connectivity index (χ3v) is 3.62. The number of nitrogens with one attached hydrogen (secondary N) is 1. The molecule has 110 valence electrons. The van der Waals surface area contributed by atoms with Crippen molar-refractivity contribution >= 4 is 11.9 Å². The number of carbonyl (C=O) groups excluding carboxylic acids is 1. The summed E-state index contributed by atoms with van der Waals surface area (Å²) in [6.07, 6.45) is 4.59. The van der Waals surface area contributed by atoms with Crippen molar-refractivity contribution < 1.29 is 9.90 Å². The molecule has 20 heavy (non-hydrogen) atoms. The molecule has 1 saturated heterocycles. The van der Waals surface area contributed by atoms with Crippen molar-refractivity contribution in [3.8, 4) is 0 Å². The van der Waals surface area contributed by atoms with E-state index < -0.39 is 6.10 Å². The highest BCUT2D eigenvalue weighted by atomic mass is 16.3. The summed E-state index contributed by atoms with van der Waals surface area (Å²) in [5.41, 5.74) is 0. The Morgan fingerprint density at radius 1 is 1.50 bits per heavy atom. The van der Waals surface area contributed by atoms with Gasteiger partial charge in [0.05, 0.1) is 6.10 Å². The van der Waals surface area contributed by atoms with Crippen LogP contribution >= 0.6 is 0 Å². The van der Waals surface area contributed by atoms with Gasteiger partial charge in [-0.25, -0.2) is 9.97 Å². The van der Waals surface area contributed by atoms with E-state index in [2.05, 4.69) is 15.3 Å². The van der Waals surface area contributed by atoms with E-state index in [0.29, 0.717) is 5.95 Å². The van der Waals surface area contributed by atoms with Gasteiger partial charge in [-0.1, -0.05) is 13.8 Å². The van der Waals surface area contributed by atoms with Gasteiger partial charge in [0.15, 0.2) is 0 Å². The van der Waals surface area contributed by atoms with Crippen LogP contribution in [0.15, 0.2) is 18.5 Å². The van der Waals surface area contributed by atoms with Gasteiger partial charge < -0.3 is 15.3 Å². The zero-order valence-electron chi connectivity index (χ0n) is 12.0. The first-order valence-electron chi connectivity index (χ1n) is 7.09. The number of hydrogen-bond acceptors (Lipinski definition) is 5. The first-order valence-corrected chi connectivity index (χ1v) is 7.09. The number of aliphatic hydroxyl groups excluding tert-OH is 1. The maximum atomic E-state index is 12.2. The summed E-state index contributed by atoms with van der Waals surface area (Å²) >= 11 is 0. The van der Waals surface area contributed by atoms with Crippen molar-refractivity contribution in [1.82, 2.24) is 15.3 Å². The standard InChI is InChI=1S/C14H22N4O2/c1-10(2)12(19)9-17-13(20)11-5-3-8-18(11)14-15-6-4-7-16-14/h4,6-7,10-12,19H,3,5,8-9H2,1-2H3,(H,17,20). The Kier molecular flexibility index (Phi) is 4.89. The van der Waals surface area contributed by atoms with Crippen LogP contribution in [0.4, 0.5) is 5.95 Å². The fourth-order valence-corrected chi connectivity index (χ4v) is 2.28. The monoisotopic (exact) mass is 278 g/mol. The lowest BCUT2D eigenvalue weighted by atomic mass is 10.1. The van der Waals surface area contributed by atoms with Gasteiger partial charge in [0.2, 0.25) is 11.9 Å². The molecule has 2 atom stereocenters. The molecule has 6 nitrogen and oxygen atoms in total. The molecule has 0 saturated carbocycles. The number of nitrogens with zero attached hydrogens (tertiary/aromatic N) is 3. The number of aliphatic hydroxyl groups is 1. The predicted octanol–water partition coefficient (Wildman–Crippen LogP) is 0.578. The maximum absolute atomic E-state index is 12.2. The van der Waals surface area contributed by atoms with Gasteiger partial charge in [-0.3, -0.25) is 4.79 Å². The summed E-state index contributed by atoms with van der Waals surface area (Å²) < 4.78 is 0. The first kappa shape index (κ1) is 14.7. The highest BCUT2D eigenvalue weighted by Crippen LogP contribution is 2.21. The highest BCUT2D eigenvalue weighted by Gasteiger charge is 2.32. The summed E-state index contributed by atoms with van der Waals surface area (Å²) in [7, 11) is 0. The van der Waals surface area contributed by atoms with Crippen LogP contribution in [-0.4, -0.2) is 46.2 Å². The zero-order chi connectivity index (χ0) is 14.5. The van der Waals surface area contributed by atoms with Crippen LogP contribution in [0.25, 0.3) is 0 Å². The smallest absolute Gasteiger partial charge is 0.242 e. The number of anilines is 1. The third-order valence-electron chi connectivity index (χ3n) is 3.62. The molecule has 0 aliphatic carbocycles. The van der Waals surface area contributed by atoms with E-state index in [1.54, 1.807) is 18.5 Å². The van der Waals surface area contributed by atoms with Gasteiger partial charge in [-0.2, -0.15) is 0 Å². The molecule has 1 aromatic heterocycles. The molecular weight excluding hydrogens is 256 g/mol. The molecule has 6 heteroatoms. The third kappa shape index (κ3) is 3.45. The fourth-order valence-electron chi connectivity index (χ4n) is 2.28. The molecular formula is C14H22N4O2. The van der Waals surface area contributed by atoms with Gasteiger partial charge in [0.25, 0.3) is 0 Å². The molecule has 2 rings (SSSR count). The van der Waals surface area contributed by atoms with E-state index in [9.17, 15) is 9.90 Å². The molecule has 1 aliphatic rings. The Morgan fingerprint density at radius 3 is 2.85 bits per heavy atom. The summed E-state index contributed by atoms with van der Waals surface area (Å²) in [5, 5.41) is 12.6. The van der Waals surface area contributed by atoms with Gasteiger partial charge in [0.1, 0.15) is 6.04 Å². The van der Waals surface area contributed by atoms with Crippen molar-refractivity contribution in [3.05, 3.63) is 18.5 Å². The number of hydrogen-bond donors (Lipinski definition) is 2. The number of aromatic nitrogens is 2. The first-order chi connectivity index (χ1) is 9.59. The van der Waals surface area contributed by atoms with E-state index in [1.807, 2.05) is 18.7 Å². The molecule has 1 amide bonds. The SMILES string of the molecule is CC(C)C(O)CNC(=O)C1CCCN1c1ncccn1. The number of amides is 1. The van der Waals surface area contributed by atoms with Gasteiger partial charge in [-0.05, 0) is 24.8 Å². The van der Waals surface area contributed by atoms with Gasteiger partial charge in [0, 0.05) is 25.5 Å². The average molecular weight is 278 g/mol. The predicted molar refractivity (Wildman–Crippen MR) is 76.3 cm³/mol. The largest absolute Gasteiger partial charge is 0.391 e. The maximum Gasteiger partial charge on any atom is 0.242 e. The molecule has 2 N–H and O–H groups in total. The normalized spacial score (nSPS) is 20.2. The van der Waals surface area contributed by atoms with E-state index in [1.165, 1.54) is 0 Å². The van der Waals surface area contributed by atoms with Crippen molar-refractivity contribution in [2.24, 2.45) is 5.92 Å².